The Morgan fingerprint density at radius 1 is 1.22 bits per heavy atom. The van der Waals surface area contributed by atoms with Crippen LogP contribution in [0.5, 0.6) is 0 Å². The lowest BCUT2D eigenvalue weighted by atomic mass is 10.0. The van der Waals surface area contributed by atoms with Crippen molar-refractivity contribution in [3.05, 3.63) is 60.3 Å². The minimum absolute atomic E-state index is 0.202. The Hall–Kier alpha value is -3.04. The first-order chi connectivity index (χ1) is 11.2. The van der Waals surface area contributed by atoms with Gasteiger partial charge in [0.1, 0.15) is 18.2 Å². The van der Waals surface area contributed by atoms with Gasteiger partial charge in [-0.25, -0.2) is 9.37 Å². The number of imidazole rings is 1. The van der Waals surface area contributed by atoms with Gasteiger partial charge in [-0.1, -0.05) is 0 Å². The number of nitriles is 1. The van der Waals surface area contributed by atoms with Crippen LogP contribution < -0.4 is 5.73 Å². The maximum absolute atomic E-state index is 13.1. The van der Waals surface area contributed by atoms with Gasteiger partial charge in [0, 0.05) is 36.3 Å². The molecular weight excluding hydrogens is 293 g/mol. The summed E-state index contributed by atoms with van der Waals surface area (Å²) in [4.78, 5) is 8.72. The first-order valence-corrected chi connectivity index (χ1v) is 7.06. The molecule has 0 fully saturated rings. The fourth-order valence-electron chi connectivity index (χ4n) is 2.39. The molecule has 0 radical (unpaired) electrons. The molecular formula is C17H14FN5. The van der Waals surface area contributed by atoms with Gasteiger partial charge in [-0.3, -0.25) is 4.98 Å². The van der Waals surface area contributed by atoms with Crippen LogP contribution in [0.25, 0.3) is 22.6 Å². The van der Waals surface area contributed by atoms with Crippen molar-refractivity contribution in [3.63, 3.8) is 0 Å². The standard InChI is InChI=1S/C17H14FN5/c18-14-3-1-12(2-4-14)16-9-15(13(10-20)11-22-16)17-21-6-8-23(17)7-5-19/h1-4,6,8-9,11H,7,10,20H2. The van der Waals surface area contributed by atoms with E-state index in [2.05, 4.69) is 16.0 Å². The van der Waals surface area contributed by atoms with Crippen LogP contribution in [0.2, 0.25) is 0 Å². The summed E-state index contributed by atoms with van der Waals surface area (Å²) in [5.41, 5.74) is 8.95. The summed E-state index contributed by atoms with van der Waals surface area (Å²) in [6, 6.07) is 10.1. The van der Waals surface area contributed by atoms with E-state index in [0.717, 1.165) is 16.7 Å². The summed E-state index contributed by atoms with van der Waals surface area (Å²) in [6.45, 7) is 0.513. The highest BCUT2D eigenvalue weighted by Gasteiger charge is 2.13. The van der Waals surface area contributed by atoms with E-state index in [-0.39, 0.29) is 12.4 Å². The molecule has 0 amide bonds. The lowest BCUT2D eigenvalue weighted by molar-refractivity contribution is 0.628. The van der Waals surface area contributed by atoms with Crippen LogP contribution in [-0.4, -0.2) is 14.5 Å². The predicted molar refractivity (Wildman–Crippen MR) is 84.4 cm³/mol. The lowest BCUT2D eigenvalue weighted by Crippen LogP contribution is -2.05. The third-order valence-corrected chi connectivity index (χ3v) is 3.54. The molecule has 0 atom stereocenters. The lowest BCUT2D eigenvalue weighted by Gasteiger charge is -2.11. The van der Waals surface area contributed by atoms with Crippen molar-refractivity contribution >= 4 is 0 Å². The average molecular weight is 307 g/mol. The summed E-state index contributed by atoms with van der Waals surface area (Å²) in [6.07, 6.45) is 5.08. The van der Waals surface area contributed by atoms with E-state index in [4.69, 9.17) is 11.0 Å². The van der Waals surface area contributed by atoms with Crippen molar-refractivity contribution in [2.24, 2.45) is 5.73 Å². The maximum Gasteiger partial charge on any atom is 0.141 e. The van der Waals surface area contributed by atoms with Gasteiger partial charge < -0.3 is 10.3 Å². The molecule has 0 bridgehead atoms. The van der Waals surface area contributed by atoms with Gasteiger partial charge in [0.25, 0.3) is 0 Å². The molecule has 0 aliphatic rings. The number of hydrogen-bond donors (Lipinski definition) is 1. The van der Waals surface area contributed by atoms with E-state index >= 15 is 0 Å². The van der Waals surface area contributed by atoms with Gasteiger partial charge >= 0.3 is 0 Å². The Balaban J connectivity index is 2.12. The zero-order chi connectivity index (χ0) is 16.2. The van der Waals surface area contributed by atoms with Crippen LogP contribution in [0.4, 0.5) is 4.39 Å². The fourth-order valence-corrected chi connectivity index (χ4v) is 2.39. The number of nitrogens with zero attached hydrogens (tertiary/aromatic N) is 4. The normalized spacial score (nSPS) is 10.5. The molecule has 0 saturated heterocycles. The van der Waals surface area contributed by atoms with E-state index in [1.165, 1.54) is 12.1 Å². The Labute approximate surface area is 132 Å². The Morgan fingerprint density at radius 3 is 2.70 bits per heavy atom. The highest BCUT2D eigenvalue weighted by atomic mass is 19.1. The van der Waals surface area contributed by atoms with Crippen molar-refractivity contribution in [1.82, 2.24) is 14.5 Å². The maximum atomic E-state index is 13.1. The first-order valence-electron chi connectivity index (χ1n) is 7.06. The van der Waals surface area contributed by atoms with E-state index < -0.39 is 0 Å². The molecule has 2 aromatic heterocycles. The van der Waals surface area contributed by atoms with E-state index in [0.29, 0.717) is 18.1 Å². The molecule has 3 aromatic rings. The molecule has 0 spiro atoms. The van der Waals surface area contributed by atoms with E-state index in [1.54, 1.807) is 35.3 Å². The summed E-state index contributed by atoms with van der Waals surface area (Å²) >= 11 is 0. The number of nitrogens with two attached hydrogens (primary N) is 1. The third kappa shape index (κ3) is 2.96. The molecule has 0 aliphatic carbocycles. The molecule has 2 N–H and O–H groups in total. The fraction of sp³-hybridized carbons (Fsp3) is 0.118. The molecule has 114 valence electrons. The molecule has 23 heavy (non-hydrogen) atoms. The second kappa shape index (κ2) is 6.38. The summed E-state index contributed by atoms with van der Waals surface area (Å²) in [5, 5.41) is 8.92. The number of halogens is 1. The average Bonchev–Trinajstić information content (AvgIpc) is 3.03. The van der Waals surface area contributed by atoms with Crippen LogP contribution in [0.15, 0.2) is 48.9 Å². The second-order valence-corrected chi connectivity index (χ2v) is 4.97. The Bertz CT molecular complexity index is 861. The van der Waals surface area contributed by atoms with Crippen LogP contribution in [0.3, 0.4) is 0 Å². The first kappa shape index (κ1) is 14.9. The molecule has 1 aromatic carbocycles. The topological polar surface area (TPSA) is 80.5 Å². The summed E-state index contributed by atoms with van der Waals surface area (Å²) < 4.78 is 14.8. The number of aromatic nitrogens is 3. The smallest absolute Gasteiger partial charge is 0.141 e. The largest absolute Gasteiger partial charge is 0.326 e. The third-order valence-electron chi connectivity index (χ3n) is 3.54. The van der Waals surface area contributed by atoms with Crippen LogP contribution >= 0.6 is 0 Å². The van der Waals surface area contributed by atoms with Gasteiger partial charge in [0.15, 0.2) is 0 Å². The van der Waals surface area contributed by atoms with Gasteiger partial charge in [0.05, 0.1) is 11.8 Å². The number of rotatable bonds is 4. The molecule has 5 nitrogen and oxygen atoms in total. The monoisotopic (exact) mass is 307 g/mol. The molecule has 0 aliphatic heterocycles. The highest BCUT2D eigenvalue weighted by molar-refractivity contribution is 5.69. The van der Waals surface area contributed by atoms with Crippen LogP contribution in [0.1, 0.15) is 5.56 Å². The molecule has 3 rings (SSSR count). The molecule has 2 heterocycles. The molecule has 0 unspecified atom stereocenters. The molecule has 0 saturated carbocycles. The predicted octanol–water partition coefficient (Wildman–Crippen LogP) is 2.73. The number of pyridine rings is 1. The SMILES string of the molecule is N#CCn1ccnc1-c1cc(-c2ccc(F)cc2)ncc1CN. The van der Waals surface area contributed by atoms with Gasteiger partial charge in [-0.05, 0) is 35.9 Å². The van der Waals surface area contributed by atoms with Crippen molar-refractivity contribution in [2.45, 2.75) is 13.1 Å². The quantitative estimate of drug-likeness (QED) is 0.803. The van der Waals surface area contributed by atoms with Crippen LogP contribution in [-0.2, 0) is 13.1 Å². The minimum Gasteiger partial charge on any atom is -0.326 e. The van der Waals surface area contributed by atoms with Crippen molar-refractivity contribution < 1.29 is 4.39 Å². The van der Waals surface area contributed by atoms with Crippen molar-refractivity contribution in [1.29, 1.82) is 5.26 Å². The van der Waals surface area contributed by atoms with Crippen LogP contribution in [0, 0.1) is 17.1 Å². The second-order valence-electron chi connectivity index (χ2n) is 4.97. The summed E-state index contributed by atoms with van der Waals surface area (Å²) in [7, 11) is 0. The Morgan fingerprint density at radius 2 is 2.00 bits per heavy atom. The zero-order valence-corrected chi connectivity index (χ0v) is 12.3. The minimum atomic E-state index is -0.294. The zero-order valence-electron chi connectivity index (χ0n) is 12.3. The van der Waals surface area contributed by atoms with E-state index in [9.17, 15) is 4.39 Å². The highest BCUT2D eigenvalue weighted by Crippen LogP contribution is 2.27. The van der Waals surface area contributed by atoms with Gasteiger partial charge in [0.2, 0.25) is 0 Å². The molecule has 6 heteroatoms. The number of hydrogen-bond acceptors (Lipinski definition) is 4. The van der Waals surface area contributed by atoms with Crippen molar-refractivity contribution in [3.8, 4) is 28.7 Å². The Kier molecular flexibility index (Phi) is 4.13. The number of benzene rings is 1. The van der Waals surface area contributed by atoms with Crippen molar-refractivity contribution in [2.75, 3.05) is 0 Å². The summed E-state index contributed by atoms with van der Waals surface area (Å²) in [5.74, 6) is 0.370. The van der Waals surface area contributed by atoms with E-state index in [1.807, 2.05) is 6.07 Å². The van der Waals surface area contributed by atoms with Gasteiger partial charge in [-0.2, -0.15) is 5.26 Å². The van der Waals surface area contributed by atoms with Gasteiger partial charge in [-0.15, -0.1) is 0 Å².